The fourth-order valence-electron chi connectivity index (χ4n) is 3.42. The third kappa shape index (κ3) is 4.61. The van der Waals surface area contributed by atoms with Gasteiger partial charge in [-0.1, -0.05) is 0 Å². The summed E-state index contributed by atoms with van der Waals surface area (Å²) in [5.74, 6) is 1.98. The summed E-state index contributed by atoms with van der Waals surface area (Å²) in [4.78, 5) is 25.6. The van der Waals surface area contributed by atoms with Crippen LogP contribution in [-0.2, 0) is 6.54 Å². The molecule has 0 radical (unpaired) electrons. The van der Waals surface area contributed by atoms with Crippen molar-refractivity contribution in [1.82, 2.24) is 24.8 Å². The average Bonchev–Trinajstić information content (AvgIpc) is 3.21. The van der Waals surface area contributed by atoms with Gasteiger partial charge in [-0.15, -0.1) is 0 Å². The van der Waals surface area contributed by atoms with Crippen LogP contribution in [0.1, 0.15) is 6.42 Å². The molecule has 0 bridgehead atoms. The highest BCUT2D eigenvalue weighted by Crippen LogP contribution is 2.29. The number of hydrogen-bond acceptors (Lipinski definition) is 6. The molecule has 2 amide bonds. The molecule has 9 heteroatoms. The number of ether oxygens (including phenoxy) is 2. The number of rotatable bonds is 8. The van der Waals surface area contributed by atoms with E-state index in [-0.39, 0.29) is 6.03 Å². The molecule has 0 fully saturated rings. The lowest BCUT2D eigenvalue weighted by Gasteiger charge is -2.12. The maximum Gasteiger partial charge on any atom is 0.319 e. The van der Waals surface area contributed by atoms with Gasteiger partial charge >= 0.3 is 6.03 Å². The molecule has 0 saturated heterocycles. The van der Waals surface area contributed by atoms with E-state index in [1.807, 2.05) is 24.3 Å². The lowest BCUT2D eigenvalue weighted by atomic mass is 10.2. The lowest BCUT2D eigenvalue weighted by molar-refractivity contribution is 0.252. The fraction of sp³-hybridized carbons (Fsp3) is 0.217. The second-order valence-electron chi connectivity index (χ2n) is 6.97. The number of carbonyl (C=O) groups is 1. The third-order valence-electron chi connectivity index (χ3n) is 4.93. The zero-order valence-corrected chi connectivity index (χ0v) is 17.9. The van der Waals surface area contributed by atoms with Crippen molar-refractivity contribution in [3.63, 3.8) is 0 Å². The minimum absolute atomic E-state index is 0.291. The van der Waals surface area contributed by atoms with Crippen molar-refractivity contribution < 1.29 is 14.3 Å². The number of nitrogens with one attached hydrogen (secondary N) is 2. The molecule has 164 valence electrons. The van der Waals surface area contributed by atoms with Gasteiger partial charge in [0.1, 0.15) is 11.3 Å². The highest BCUT2D eigenvalue weighted by molar-refractivity contribution is 5.89. The van der Waals surface area contributed by atoms with Gasteiger partial charge in [-0.25, -0.2) is 14.8 Å². The number of aryl methyl sites for hydroxylation is 1. The summed E-state index contributed by atoms with van der Waals surface area (Å²) in [6.45, 7) is 1.14. The molecule has 0 saturated carbocycles. The molecule has 0 aliphatic rings. The molecule has 32 heavy (non-hydrogen) atoms. The second kappa shape index (κ2) is 9.78. The van der Waals surface area contributed by atoms with Gasteiger partial charge in [-0.05, 0) is 42.8 Å². The molecule has 4 rings (SSSR count). The van der Waals surface area contributed by atoms with Crippen LogP contribution in [-0.4, -0.2) is 46.3 Å². The molecule has 0 atom stereocenters. The van der Waals surface area contributed by atoms with E-state index >= 15 is 0 Å². The molecule has 0 spiro atoms. The number of carbonyl (C=O) groups excluding carboxylic acids is 1. The van der Waals surface area contributed by atoms with Gasteiger partial charge in [0.2, 0.25) is 0 Å². The highest BCUT2D eigenvalue weighted by atomic mass is 16.5. The first-order valence-electron chi connectivity index (χ1n) is 10.2. The Balaban J connectivity index is 1.38. The fourth-order valence-corrected chi connectivity index (χ4v) is 3.42. The molecular weight excluding hydrogens is 408 g/mol. The summed E-state index contributed by atoms with van der Waals surface area (Å²) in [6.07, 6.45) is 5.95. The summed E-state index contributed by atoms with van der Waals surface area (Å²) in [6, 6.07) is 12.6. The van der Waals surface area contributed by atoms with Crippen LogP contribution < -0.4 is 20.1 Å². The summed E-state index contributed by atoms with van der Waals surface area (Å²) >= 11 is 0. The number of aromatic nitrogens is 4. The number of fused-ring (bicyclic) bond motifs is 1. The first kappa shape index (κ1) is 21.1. The van der Waals surface area contributed by atoms with Crippen LogP contribution in [0, 0.1) is 0 Å². The van der Waals surface area contributed by atoms with Gasteiger partial charge in [-0.2, -0.15) is 0 Å². The number of benzene rings is 1. The van der Waals surface area contributed by atoms with E-state index in [9.17, 15) is 4.79 Å². The van der Waals surface area contributed by atoms with Crippen molar-refractivity contribution in [1.29, 1.82) is 0 Å². The number of anilines is 1. The SMILES string of the molecule is COc1ccc(NC(=O)NCCCn2c(-c3ccncc3)nc3cccnc32)cc1OC. The van der Waals surface area contributed by atoms with E-state index in [2.05, 4.69) is 25.2 Å². The maximum absolute atomic E-state index is 12.3. The van der Waals surface area contributed by atoms with E-state index < -0.39 is 0 Å². The summed E-state index contributed by atoms with van der Waals surface area (Å²) in [5.41, 5.74) is 3.23. The van der Waals surface area contributed by atoms with Gasteiger partial charge in [-0.3, -0.25) is 4.98 Å². The van der Waals surface area contributed by atoms with Gasteiger partial charge in [0.15, 0.2) is 17.1 Å². The second-order valence-corrected chi connectivity index (χ2v) is 6.97. The van der Waals surface area contributed by atoms with E-state index in [0.29, 0.717) is 36.7 Å². The molecule has 2 N–H and O–H groups in total. The Morgan fingerprint density at radius 3 is 2.62 bits per heavy atom. The van der Waals surface area contributed by atoms with Crippen LogP contribution in [0.3, 0.4) is 0 Å². The van der Waals surface area contributed by atoms with Gasteiger partial charge in [0.05, 0.1) is 14.2 Å². The smallest absolute Gasteiger partial charge is 0.319 e. The number of methoxy groups -OCH3 is 2. The average molecular weight is 432 g/mol. The Morgan fingerprint density at radius 2 is 1.84 bits per heavy atom. The molecule has 0 aliphatic heterocycles. The summed E-state index contributed by atoms with van der Waals surface area (Å²) in [7, 11) is 3.12. The van der Waals surface area contributed by atoms with E-state index in [1.54, 1.807) is 51.0 Å². The molecule has 0 unspecified atom stereocenters. The molecule has 3 heterocycles. The molecular formula is C23H24N6O3. The van der Waals surface area contributed by atoms with E-state index in [0.717, 1.165) is 22.6 Å². The Labute approximate surface area is 185 Å². The lowest BCUT2D eigenvalue weighted by Crippen LogP contribution is -2.30. The Hall–Kier alpha value is -4.14. The summed E-state index contributed by atoms with van der Waals surface area (Å²) < 4.78 is 12.5. The monoisotopic (exact) mass is 432 g/mol. The Kier molecular flexibility index (Phi) is 6.45. The van der Waals surface area contributed by atoms with Crippen molar-refractivity contribution in [3.05, 3.63) is 61.1 Å². The maximum atomic E-state index is 12.3. The largest absolute Gasteiger partial charge is 0.493 e. The van der Waals surface area contributed by atoms with Crippen molar-refractivity contribution in [3.8, 4) is 22.9 Å². The summed E-state index contributed by atoms with van der Waals surface area (Å²) in [5, 5.41) is 5.69. The Bertz CT molecular complexity index is 1210. The van der Waals surface area contributed by atoms with Crippen molar-refractivity contribution in [2.75, 3.05) is 26.1 Å². The Morgan fingerprint density at radius 1 is 1.03 bits per heavy atom. The highest BCUT2D eigenvalue weighted by Gasteiger charge is 2.13. The van der Waals surface area contributed by atoms with Crippen molar-refractivity contribution in [2.24, 2.45) is 0 Å². The van der Waals surface area contributed by atoms with Crippen molar-refractivity contribution in [2.45, 2.75) is 13.0 Å². The van der Waals surface area contributed by atoms with Crippen LogP contribution >= 0.6 is 0 Å². The molecule has 4 aromatic rings. The number of amides is 2. The van der Waals surface area contributed by atoms with Crippen molar-refractivity contribution >= 4 is 22.9 Å². The zero-order valence-electron chi connectivity index (χ0n) is 17.9. The minimum Gasteiger partial charge on any atom is -0.493 e. The predicted molar refractivity (Wildman–Crippen MR) is 122 cm³/mol. The normalized spacial score (nSPS) is 10.7. The number of hydrogen-bond donors (Lipinski definition) is 2. The first-order valence-corrected chi connectivity index (χ1v) is 10.2. The molecule has 1 aromatic carbocycles. The van der Waals surface area contributed by atoms with Crippen LogP contribution in [0.15, 0.2) is 61.1 Å². The molecule has 9 nitrogen and oxygen atoms in total. The van der Waals surface area contributed by atoms with Gasteiger partial charge in [0, 0.05) is 49.0 Å². The number of pyridine rings is 2. The number of imidazole rings is 1. The first-order chi connectivity index (χ1) is 15.7. The number of urea groups is 1. The number of nitrogens with zero attached hydrogens (tertiary/aromatic N) is 4. The molecule has 0 aliphatic carbocycles. The third-order valence-corrected chi connectivity index (χ3v) is 4.93. The van der Waals surface area contributed by atoms with Crippen LogP contribution in [0.4, 0.5) is 10.5 Å². The van der Waals surface area contributed by atoms with Gasteiger partial charge in [0.25, 0.3) is 0 Å². The van der Waals surface area contributed by atoms with E-state index in [4.69, 9.17) is 14.5 Å². The van der Waals surface area contributed by atoms with E-state index in [1.165, 1.54) is 0 Å². The van der Waals surface area contributed by atoms with Crippen LogP contribution in [0.5, 0.6) is 11.5 Å². The minimum atomic E-state index is -0.291. The molecule has 3 aromatic heterocycles. The zero-order chi connectivity index (χ0) is 22.3. The van der Waals surface area contributed by atoms with Crippen LogP contribution in [0.25, 0.3) is 22.6 Å². The quantitative estimate of drug-likeness (QED) is 0.411. The van der Waals surface area contributed by atoms with Crippen LogP contribution in [0.2, 0.25) is 0 Å². The predicted octanol–water partition coefficient (Wildman–Crippen LogP) is 3.72. The van der Waals surface area contributed by atoms with Gasteiger partial charge < -0.3 is 24.7 Å². The topological polar surface area (TPSA) is 103 Å². The standard InChI is InChI=1S/C23H24N6O3/c1-31-19-7-6-17(15-20(19)32-2)27-23(30)26-11-4-14-29-21(16-8-12-24-13-9-16)28-18-5-3-10-25-22(18)29/h3,5-10,12-13,15H,4,11,14H2,1-2H3,(H2,26,27,30).